The maximum atomic E-state index is 6.19. The molecule has 0 N–H and O–H groups in total. The average molecular weight is 251 g/mol. The summed E-state index contributed by atoms with van der Waals surface area (Å²) >= 11 is 6.19. The predicted molar refractivity (Wildman–Crippen MR) is 67.7 cm³/mol. The van der Waals surface area contributed by atoms with Crippen LogP contribution >= 0.6 is 11.6 Å². The first-order valence-electron chi connectivity index (χ1n) is 5.97. The molecule has 1 aliphatic rings. The molecule has 0 unspecified atom stereocenters. The first-order chi connectivity index (χ1) is 8.25. The van der Waals surface area contributed by atoms with Gasteiger partial charge in [-0.05, 0) is 31.4 Å². The number of pyridine rings is 1. The highest BCUT2D eigenvalue weighted by atomic mass is 35.5. The van der Waals surface area contributed by atoms with E-state index < -0.39 is 0 Å². The smallest absolute Gasteiger partial charge is 0.155 e. The zero-order valence-corrected chi connectivity index (χ0v) is 10.6. The van der Waals surface area contributed by atoms with Crippen LogP contribution < -0.4 is 0 Å². The average Bonchev–Trinajstić information content (AvgIpc) is 2.67. The van der Waals surface area contributed by atoms with Crippen molar-refractivity contribution in [1.29, 1.82) is 0 Å². The molecule has 17 heavy (non-hydrogen) atoms. The van der Waals surface area contributed by atoms with Crippen LogP contribution in [0.5, 0.6) is 0 Å². The highest BCUT2D eigenvalue weighted by molar-refractivity contribution is 6.32. The van der Waals surface area contributed by atoms with Crippen LogP contribution in [0, 0.1) is 6.92 Å². The SMILES string of the molecule is Cc1ccc2c(Cl)nc(C3CCOCC3)n2c1. The van der Waals surface area contributed by atoms with E-state index in [1.54, 1.807) is 0 Å². The molecule has 1 saturated heterocycles. The van der Waals surface area contributed by atoms with Crippen molar-refractivity contribution in [3.05, 3.63) is 34.9 Å². The molecule has 0 aliphatic carbocycles. The normalized spacial score (nSPS) is 17.8. The fourth-order valence-electron chi connectivity index (χ4n) is 2.42. The van der Waals surface area contributed by atoms with Crippen LogP contribution in [0.15, 0.2) is 18.3 Å². The lowest BCUT2D eigenvalue weighted by Gasteiger charge is -2.20. The molecule has 2 aromatic rings. The molecule has 3 nitrogen and oxygen atoms in total. The van der Waals surface area contributed by atoms with Gasteiger partial charge in [-0.2, -0.15) is 0 Å². The Morgan fingerprint density at radius 3 is 2.88 bits per heavy atom. The maximum Gasteiger partial charge on any atom is 0.155 e. The summed E-state index contributed by atoms with van der Waals surface area (Å²) < 4.78 is 7.53. The molecular formula is C13H15ClN2O. The van der Waals surface area contributed by atoms with Gasteiger partial charge in [0.05, 0.1) is 5.52 Å². The predicted octanol–water partition coefficient (Wildman–Crippen LogP) is 3.19. The summed E-state index contributed by atoms with van der Waals surface area (Å²) in [6.07, 6.45) is 4.17. The Kier molecular flexibility index (Phi) is 2.81. The lowest BCUT2D eigenvalue weighted by Crippen LogP contribution is -2.16. The van der Waals surface area contributed by atoms with Gasteiger partial charge in [0.25, 0.3) is 0 Å². The van der Waals surface area contributed by atoms with E-state index in [1.165, 1.54) is 5.56 Å². The fourth-order valence-corrected chi connectivity index (χ4v) is 2.66. The minimum atomic E-state index is 0.463. The van der Waals surface area contributed by atoms with Gasteiger partial charge in [-0.15, -0.1) is 0 Å². The van der Waals surface area contributed by atoms with E-state index in [2.05, 4.69) is 28.6 Å². The monoisotopic (exact) mass is 250 g/mol. The topological polar surface area (TPSA) is 26.5 Å². The summed E-state index contributed by atoms with van der Waals surface area (Å²) in [6.45, 7) is 3.73. The van der Waals surface area contributed by atoms with Crippen LogP contribution in [0.25, 0.3) is 5.52 Å². The van der Waals surface area contributed by atoms with Crippen molar-refractivity contribution >= 4 is 17.1 Å². The quantitative estimate of drug-likeness (QED) is 0.777. The second kappa shape index (κ2) is 4.31. The second-order valence-corrected chi connectivity index (χ2v) is 4.97. The zero-order valence-electron chi connectivity index (χ0n) is 9.82. The summed E-state index contributed by atoms with van der Waals surface area (Å²) in [5.74, 6) is 1.54. The number of ether oxygens (including phenoxy) is 1. The Morgan fingerprint density at radius 2 is 2.12 bits per heavy atom. The zero-order chi connectivity index (χ0) is 11.8. The van der Waals surface area contributed by atoms with Crippen LogP contribution in [-0.2, 0) is 4.74 Å². The molecule has 1 fully saturated rings. The largest absolute Gasteiger partial charge is 0.381 e. The summed E-state index contributed by atoms with van der Waals surface area (Å²) in [5, 5.41) is 0.603. The van der Waals surface area contributed by atoms with Crippen molar-refractivity contribution in [3.8, 4) is 0 Å². The molecular weight excluding hydrogens is 236 g/mol. The van der Waals surface area contributed by atoms with Gasteiger partial charge in [-0.3, -0.25) is 0 Å². The molecule has 0 saturated carbocycles. The van der Waals surface area contributed by atoms with Gasteiger partial charge in [0.1, 0.15) is 5.82 Å². The van der Waals surface area contributed by atoms with E-state index in [0.29, 0.717) is 11.1 Å². The number of aryl methyl sites for hydroxylation is 1. The number of rotatable bonds is 1. The van der Waals surface area contributed by atoms with Crippen molar-refractivity contribution in [3.63, 3.8) is 0 Å². The van der Waals surface area contributed by atoms with Crippen LogP contribution in [0.2, 0.25) is 5.15 Å². The first kappa shape index (κ1) is 11.1. The van der Waals surface area contributed by atoms with Gasteiger partial charge >= 0.3 is 0 Å². The van der Waals surface area contributed by atoms with Gasteiger partial charge in [0, 0.05) is 25.3 Å². The molecule has 4 heteroatoms. The molecule has 3 rings (SSSR count). The van der Waals surface area contributed by atoms with Crippen LogP contribution in [0.4, 0.5) is 0 Å². The summed E-state index contributed by atoms with van der Waals surface area (Å²) in [6, 6.07) is 4.10. The van der Waals surface area contributed by atoms with Crippen molar-refractivity contribution in [2.24, 2.45) is 0 Å². The summed E-state index contributed by atoms with van der Waals surface area (Å²) in [7, 11) is 0. The van der Waals surface area contributed by atoms with Crippen LogP contribution in [0.1, 0.15) is 30.1 Å². The molecule has 0 aromatic carbocycles. The number of hydrogen-bond acceptors (Lipinski definition) is 2. The number of hydrogen-bond donors (Lipinski definition) is 0. The Morgan fingerprint density at radius 1 is 1.35 bits per heavy atom. The van der Waals surface area contributed by atoms with E-state index in [0.717, 1.165) is 37.4 Å². The molecule has 0 bridgehead atoms. The molecule has 90 valence electrons. The van der Waals surface area contributed by atoms with E-state index in [1.807, 2.05) is 6.07 Å². The van der Waals surface area contributed by atoms with E-state index in [-0.39, 0.29) is 0 Å². The minimum Gasteiger partial charge on any atom is -0.381 e. The van der Waals surface area contributed by atoms with Crippen molar-refractivity contribution in [2.45, 2.75) is 25.7 Å². The highest BCUT2D eigenvalue weighted by Crippen LogP contribution is 2.29. The molecule has 3 heterocycles. The molecule has 0 spiro atoms. The summed E-state index contributed by atoms with van der Waals surface area (Å²) in [4.78, 5) is 4.53. The number of aromatic nitrogens is 2. The van der Waals surface area contributed by atoms with Crippen molar-refractivity contribution in [1.82, 2.24) is 9.38 Å². The Balaban J connectivity index is 2.11. The van der Waals surface area contributed by atoms with E-state index in [4.69, 9.17) is 16.3 Å². The van der Waals surface area contributed by atoms with Gasteiger partial charge in [0.15, 0.2) is 5.15 Å². The van der Waals surface area contributed by atoms with E-state index >= 15 is 0 Å². The van der Waals surface area contributed by atoms with Crippen LogP contribution in [-0.4, -0.2) is 22.6 Å². The first-order valence-corrected chi connectivity index (χ1v) is 6.35. The molecule has 0 radical (unpaired) electrons. The third kappa shape index (κ3) is 1.94. The number of nitrogens with zero attached hydrogens (tertiary/aromatic N) is 2. The summed E-state index contributed by atoms with van der Waals surface area (Å²) in [5.41, 5.74) is 2.22. The van der Waals surface area contributed by atoms with Gasteiger partial charge in [-0.1, -0.05) is 17.7 Å². The van der Waals surface area contributed by atoms with Crippen LogP contribution in [0.3, 0.4) is 0 Å². The van der Waals surface area contributed by atoms with Crippen molar-refractivity contribution < 1.29 is 4.74 Å². The Hall–Kier alpha value is -1.06. The van der Waals surface area contributed by atoms with Gasteiger partial charge < -0.3 is 9.14 Å². The number of imidazole rings is 1. The molecule has 2 aromatic heterocycles. The molecule has 1 aliphatic heterocycles. The lowest BCUT2D eigenvalue weighted by atomic mass is 9.99. The van der Waals surface area contributed by atoms with Gasteiger partial charge in [0.2, 0.25) is 0 Å². The lowest BCUT2D eigenvalue weighted by molar-refractivity contribution is 0.0835. The Labute approximate surface area is 105 Å². The minimum absolute atomic E-state index is 0.463. The third-order valence-corrected chi connectivity index (χ3v) is 3.63. The standard InChI is InChI=1S/C13H15ClN2O/c1-9-2-3-11-12(14)15-13(16(11)8-9)10-4-6-17-7-5-10/h2-3,8,10H,4-7H2,1H3. The van der Waals surface area contributed by atoms with E-state index in [9.17, 15) is 0 Å². The second-order valence-electron chi connectivity index (χ2n) is 4.61. The number of fused-ring (bicyclic) bond motifs is 1. The number of halogens is 1. The Bertz CT molecular complexity index is 544. The maximum absolute atomic E-state index is 6.19. The molecule has 0 atom stereocenters. The highest BCUT2D eigenvalue weighted by Gasteiger charge is 2.21. The fraction of sp³-hybridized carbons (Fsp3) is 0.462. The van der Waals surface area contributed by atoms with Gasteiger partial charge in [-0.25, -0.2) is 4.98 Å². The molecule has 0 amide bonds. The van der Waals surface area contributed by atoms with Crippen molar-refractivity contribution in [2.75, 3.05) is 13.2 Å². The third-order valence-electron chi connectivity index (χ3n) is 3.35.